The number of hydrogen-bond acceptors (Lipinski definition) is 0. The second-order valence-corrected chi connectivity index (χ2v) is 0. The molecule has 0 aromatic carbocycles. The maximum atomic E-state index is 0. The molecule has 0 unspecified atom stereocenters. The third kappa shape index (κ3) is 8.86. The van der Waals surface area contributed by atoms with Gasteiger partial charge in [0.25, 0.3) is 0 Å². The van der Waals surface area contributed by atoms with Crippen molar-refractivity contribution in [1.82, 2.24) is 0 Å². The van der Waals surface area contributed by atoms with Crippen molar-refractivity contribution < 1.29 is 22.8 Å². The molecule has 0 amide bonds. The topological polar surface area (TPSA) is 0 Å². The quantitative estimate of drug-likeness (QED) is 0.428. The first-order valence-electron chi connectivity index (χ1n) is 0. The molecule has 0 aromatic heterocycles. The molecule has 0 radical (unpaired) electrons. The molecule has 4 heavy (non-hydrogen) atoms. The zero-order valence-corrected chi connectivity index (χ0v) is 7.99. The SMILES string of the molecule is S.[Ca+2].[Fe].[H-].[H-].[H-].[H-].[Mg+2]. The van der Waals surface area contributed by atoms with Crippen LogP contribution in [0.5, 0.6) is 0 Å². The third-order valence-corrected chi connectivity index (χ3v) is 0. The molecule has 0 heterocycles. The first kappa shape index (κ1) is 28.6. The van der Waals surface area contributed by atoms with Crippen LogP contribution in [0, 0.1) is 0 Å². The van der Waals surface area contributed by atoms with Gasteiger partial charge in [-0.2, -0.15) is 13.5 Å². The third-order valence-electron chi connectivity index (χ3n) is 0. The second-order valence-electron chi connectivity index (χ2n) is 0. The zero-order chi connectivity index (χ0) is 0. The van der Waals surface area contributed by atoms with Crippen molar-refractivity contribution in [3.8, 4) is 0 Å². The summed E-state index contributed by atoms with van der Waals surface area (Å²) in [6.45, 7) is 0. The summed E-state index contributed by atoms with van der Waals surface area (Å²) in [4.78, 5) is 0. The Labute approximate surface area is 95.5 Å². The predicted octanol–water partition coefficient (Wildman–Crippen LogP) is -0.201. The van der Waals surface area contributed by atoms with Gasteiger partial charge in [-0.3, -0.25) is 0 Å². The Balaban J connectivity index is 0. The van der Waals surface area contributed by atoms with E-state index in [1.54, 1.807) is 0 Å². The van der Waals surface area contributed by atoms with E-state index in [-0.39, 0.29) is 97.1 Å². The van der Waals surface area contributed by atoms with E-state index in [4.69, 9.17) is 0 Å². The monoisotopic (exact) mass is 158 g/mol. The fourth-order valence-electron chi connectivity index (χ4n) is 0. The molecular formula is H6CaFeMgS. The maximum Gasteiger partial charge on any atom is 2.00 e. The van der Waals surface area contributed by atoms with E-state index in [1.807, 2.05) is 0 Å². The van der Waals surface area contributed by atoms with E-state index in [9.17, 15) is 0 Å². The Morgan fingerprint density at radius 2 is 1.25 bits per heavy atom. The first-order chi connectivity index (χ1) is 0. The van der Waals surface area contributed by atoms with Crippen molar-refractivity contribution in [2.75, 3.05) is 0 Å². The van der Waals surface area contributed by atoms with Crippen LogP contribution >= 0.6 is 13.5 Å². The van der Waals surface area contributed by atoms with Crippen LogP contribution in [0.3, 0.4) is 0 Å². The van der Waals surface area contributed by atoms with Gasteiger partial charge in [-0.1, -0.05) is 0 Å². The summed E-state index contributed by atoms with van der Waals surface area (Å²) in [6.07, 6.45) is 0. The van der Waals surface area contributed by atoms with Crippen molar-refractivity contribution >= 4 is 74.3 Å². The molecule has 0 fully saturated rings. The Hall–Kier alpha value is 2.90. The van der Waals surface area contributed by atoms with E-state index in [1.165, 1.54) is 0 Å². The molecule has 0 N–H and O–H groups in total. The van der Waals surface area contributed by atoms with Crippen LogP contribution in [0.1, 0.15) is 5.71 Å². The Kier molecular flexibility index (Phi) is 120. The molecule has 0 aliphatic heterocycles. The minimum absolute atomic E-state index is 0. The van der Waals surface area contributed by atoms with Crippen LogP contribution in [0.4, 0.5) is 0 Å². The molecule has 0 aliphatic carbocycles. The summed E-state index contributed by atoms with van der Waals surface area (Å²) in [7, 11) is 0. The van der Waals surface area contributed by atoms with Crippen LogP contribution in [0.15, 0.2) is 0 Å². The summed E-state index contributed by atoms with van der Waals surface area (Å²) in [5, 5.41) is 0. The minimum atomic E-state index is 0. The van der Waals surface area contributed by atoms with Gasteiger partial charge in [-0.05, 0) is 0 Å². The summed E-state index contributed by atoms with van der Waals surface area (Å²) in [6, 6.07) is 0. The van der Waals surface area contributed by atoms with Crippen LogP contribution < -0.4 is 0 Å². The normalized spacial score (nSPS) is 0. The maximum absolute atomic E-state index is 0. The molecule has 0 aromatic rings. The molecule has 0 bridgehead atoms. The Morgan fingerprint density at radius 3 is 1.25 bits per heavy atom. The first-order valence-corrected chi connectivity index (χ1v) is 0. The predicted molar refractivity (Wildman–Crippen MR) is 26.3 cm³/mol. The zero-order valence-electron chi connectivity index (χ0n) is 6.27. The van der Waals surface area contributed by atoms with Crippen LogP contribution in [0.25, 0.3) is 0 Å². The molecule has 4 heteroatoms. The van der Waals surface area contributed by atoms with Crippen molar-refractivity contribution in [1.29, 1.82) is 0 Å². The van der Waals surface area contributed by atoms with E-state index in [2.05, 4.69) is 0 Å². The van der Waals surface area contributed by atoms with Gasteiger partial charge in [0.05, 0.1) is 0 Å². The number of rotatable bonds is 0. The molecule has 0 aliphatic rings. The van der Waals surface area contributed by atoms with Gasteiger partial charge in [0.1, 0.15) is 0 Å². The van der Waals surface area contributed by atoms with Gasteiger partial charge < -0.3 is 5.71 Å². The molecule has 0 rings (SSSR count). The summed E-state index contributed by atoms with van der Waals surface area (Å²) >= 11 is 0. The minimum Gasteiger partial charge on any atom is -1.00 e. The van der Waals surface area contributed by atoms with Gasteiger partial charge in [0, 0.05) is 17.1 Å². The van der Waals surface area contributed by atoms with Crippen LogP contribution in [-0.2, 0) is 17.1 Å². The molecule has 0 saturated heterocycles. The van der Waals surface area contributed by atoms with Crippen molar-refractivity contribution in [2.24, 2.45) is 0 Å². The van der Waals surface area contributed by atoms with Crippen molar-refractivity contribution in [2.45, 2.75) is 0 Å². The average molecular weight is 158 g/mol. The van der Waals surface area contributed by atoms with Gasteiger partial charge in [0.2, 0.25) is 0 Å². The molecule has 0 nitrogen and oxygen atoms in total. The van der Waals surface area contributed by atoms with E-state index in [0.29, 0.717) is 0 Å². The largest absolute Gasteiger partial charge is 2.00 e. The fourth-order valence-corrected chi connectivity index (χ4v) is 0. The average Bonchev–Trinajstić information content (AvgIpc) is 0. The standard InChI is InChI=1S/Ca.Fe.Mg.H2S.4H/h;;;1H2;;;;/q+2;;+2;;4*-1. The Bertz CT molecular complexity index is 16.0. The van der Waals surface area contributed by atoms with E-state index < -0.39 is 0 Å². The Morgan fingerprint density at radius 1 is 1.25 bits per heavy atom. The van der Waals surface area contributed by atoms with E-state index in [0.717, 1.165) is 0 Å². The van der Waals surface area contributed by atoms with Gasteiger partial charge in [-0.15, -0.1) is 0 Å². The summed E-state index contributed by atoms with van der Waals surface area (Å²) in [5.41, 5.74) is 0. The van der Waals surface area contributed by atoms with Gasteiger partial charge in [-0.25, -0.2) is 0 Å². The number of hydrogen-bond donors (Lipinski definition) is 0. The summed E-state index contributed by atoms with van der Waals surface area (Å²) < 4.78 is 0. The smallest absolute Gasteiger partial charge is 1.00 e. The molecular weight excluding hydrogens is 152 g/mol. The van der Waals surface area contributed by atoms with Gasteiger partial charge in [0.15, 0.2) is 0 Å². The molecule has 0 spiro atoms. The van der Waals surface area contributed by atoms with Crippen molar-refractivity contribution in [3.63, 3.8) is 0 Å². The van der Waals surface area contributed by atoms with Crippen LogP contribution in [0.2, 0.25) is 0 Å². The molecule has 0 atom stereocenters. The van der Waals surface area contributed by atoms with Crippen molar-refractivity contribution in [3.05, 3.63) is 0 Å². The molecule has 24 valence electrons. The fraction of sp³-hybridized carbons (Fsp3) is 0. The van der Waals surface area contributed by atoms with Gasteiger partial charge >= 0.3 is 60.8 Å². The second kappa shape index (κ2) is 16.9. The van der Waals surface area contributed by atoms with Crippen LogP contribution in [-0.4, -0.2) is 60.8 Å². The molecule has 0 saturated carbocycles. The summed E-state index contributed by atoms with van der Waals surface area (Å²) in [5.74, 6) is 0. The van der Waals surface area contributed by atoms with E-state index >= 15 is 0 Å².